The highest BCUT2D eigenvalue weighted by Gasteiger charge is 2.16. The first-order chi connectivity index (χ1) is 17.3. The lowest BCUT2D eigenvalue weighted by atomic mass is 10.1. The molecule has 2 aromatic heterocycles. The number of benzene rings is 2. The second-order valence-corrected chi connectivity index (χ2v) is 8.84. The number of aromatic nitrogens is 3. The molecule has 10 nitrogen and oxygen atoms in total. The first-order valence-corrected chi connectivity index (χ1v) is 11.8. The van der Waals surface area contributed by atoms with Gasteiger partial charge in [-0.25, -0.2) is 9.97 Å². The molecule has 0 spiro atoms. The van der Waals surface area contributed by atoms with Gasteiger partial charge in [0.25, 0.3) is 11.2 Å². The van der Waals surface area contributed by atoms with Crippen molar-refractivity contribution in [3.8, 4) is 17.4 Å². The highest BCUT2D eigenvalue weighted by Crippen LogP contribution is 2.31. The number of halogens is 1. The first kappa shape index (κ1) is 25.0. The zero-order valence-corrected chi connectivity index (χ0v) is 21.3. The van der Waals surface area contributed by atoms with Crippen LogP contribution in [0.2, 0.25) is 0 Å². The molecule has 0 aliphatic carbocycles. The summed E-state index contributed by atoms with van der Waals surface area (Å²) in [4.78, 5) is 32.2. The van der Waals surface area contributed by atoms with Gasteiger partial charge in [0.05, 0.1) is 29.2 Å². The molecule has 1 atom stereocenters. The summed E-state index contributed by atoms with van der Waals surface area (Å²) in [6.45, 7) is 4.03. The number of rotatable bonds is 8. The maximum absolute atomic E-state index is 13.3. The molecule has 184 valence electrons. The lowest BCUT2D eigenvalue weighted by Crippen LogP contribution is -2.23. The van der Waals surface area contributed by atoms with Crippen LogP contribution < -0.4 is 15.0 Å². The highest BCUT2D eigenvalue weighted by atomic mass is 79.9. The summed E-state index contributed by atoms with van der Waals surface area (Å²) in [7, 11) is 1.49. The van der Waals surface area contributed by atoms with Crippen LogP contribution >= 0.6 is 15.9 Å². The number of nitro groups is 1. The van der Waals surface area contributed by atoms with E-state index in [1.54, 1.807) is 30.5 Å². The maximum Gasteiger partial charge on any atom is 0.287 e. The lowest BCUT2D eigenvalue weighted by molar-refractivity contribution is -0.385. The Balaban J connectivity index is 1.68. The number of ether oxygens (including phenoxy) is 2. The molecule has 0 bridgehead atoms. The SMILES string of the molecule is CC[C@H](C)c1nc2ccc(Br)cc2c(=O)n1N=Cc1ccc(Oc2ccc([N+](=O)[O-])cn2)c(OC)c1. The molecule has 0 N–H and O–H groups in total. The monoisotopic (exact) mass is 551 g/mol. The molecule has 2 aromatic carbocycles. The Kier molecular flexibility index (Phi) is 7.39. The van der Waals surface area contributed by atoms with Gasteiger partial charge >= 0.3 is 0 Å². The fourth-order valence-electron chi connectivity index (χ4n) is 3.41. The predicted molar refractivity (Wildman–Crippen MR) is 139 cm³/mol. The van der Waals surface area contributed by atoms with Gasteiger partial charge in [-0.15, -0.1) is 0 Å². The molecule has 0 saturated heterocycles. The smallest absolute Gasteiger partial charge is 0.287 e. The standard InChI is InChI=1S/C25H22BrN5O5/c1-4-15(2)24-29-20-8-6-17(26)12-19(20)25(32)30(24)28-13-16-5-9-21(22(11-16)35-3)36-23-10-7-18(14-27-23)31(33)34/h5-15H,4H2,1-3H3/t15-/m0/s1. The van der Waals surface area contributed by atoms with E-state index >= 15 is 0 Å². The van der Waals surface area contributed by atoms with Crippen LogP contribution in [0.3, 0.4) is 0 Å². The van der Waals surface area contributed by atoms with Crippen LogP contribution in [-0.4, -0.2) is 32.9 Å². The molecule has 0 saturated carbocycles. The van der Waals surface area contributed by atoms with Crippen LogP contribution in [0.25, 0.3) is 10.9 Å². The van der Waals surface area contributed by atoms with Gasteiger partial charge in [-0.3, -0.25) is 14.9 Å². The van der Waals surface area contributed by atoms with Crippen molar-refractivity contribution < 1.29 is 14.4 Å². The van der Waals surface area contributed by atoms with E-state index in [0.717, 1.165) is 17.1 Å². The van der Waals surface area contributed by atoms with E-state index in [-0.39, 0.29) is 23.0 Å². The summed E-state index contributed by atoms with van der Waals surface area (Å²) in [6.07, 6.45) is 3.46. The normalized spacial score (nSPS) is 12.1. The zero-order valence-electron chi connectivity index (χ0n) is 19.7. The molecule has 0 fully saturated rings. The van der Waals surface area contributed by atoms with E-state index in [2.05, 4.69) is 26.0 Å². The van der Waals surface area contributed by atoms with Crippen molar-refractivity contribution in [2.75, 3.05) is 7.11 Å². The number of hydrogen-bond acceptors (Lipinski definition) is 8. The summed E-state index contributed by atoms with van der Waals surface area (Å²) >= 11 is 3.41. The number of hydrogen-bond donors (Lipinski definition) is 0. The molecule has 11 heteroatoms. The van der Waals surface area contributed by atoms with Crippen molar-refractivity contribution in [2.45, 2.75) is 26.2 Å². The Hall–Kier alpha value is -4.12. The van der Waals surface area contributed by atoms with E-state index in [1.807, 2.05) is 26.0 Å². The molecule has 0 unspecified atom stereocenters. The molecular weight excluding hydrogens is 530 g/mol. The second-order valence-electron chi connectivity index (χ2n) is 7.93. The topological polar surface area (TPSA) is 122 Å². The Bertz CT molecular complexity index is 1520. The van der Waals surface area contributed by atoms with Gasteiger partial charge in [0.15, 0.2) is 11.5 Å². The predicted octanol–water partition coefficient (Wildman–Crippen LogP) is 5.66. The molecule has 0 aliphatic rings. The molecule has 4 aromatic rings. The van der Waals surface area contributed by atoms with Crippen molar-refractivity contribution in [1.82, 2.24) is 14.6 Å². The van der Waals surface area contributed by atoms with Crippen LogP contribution in [0, 0.1) is 10.1 Å². The van der Waals surface area contributed by atoms with Gasteiger partial charge in [-0.05, 0) is 48.4 Å². The first-order valence-electron chi connectivity index (χ1n) is 11.0. The minimum atomic E-state index is -0.534. The fourth-order valence-corrected chi connectivity index (χ4v) is 3.77. The average molecular weight is 552 g/mol. The number of pyridine rings is 1. The molecular formula is C25H22BrN5O5. The van der Waals surface area contributed by atoms with Gasteiger partial charge in [0, 0.05) is 22.5 Å². The van der Waals surface area contributed by atoms with Crippen molar-refractivity contribution in [1.29, 1.82) is 0 Å². The van der Waals surface area contributed by atoms with E-state index < -0.39 is 4.92 Å². The van der Waals surface area contributed by atoms with Gasteiger partial charge in [0.2, 0.25) is 5.88 Å². The Morgan fingerprint density at radius 2 is 2.00 bits per heavy atom. The number of fused-ring (bicyclic) bond motifs is 1. The largest absolute Gasteiger partial charge is 0.493 e. The summed E-state index contributed by atoms with van der Waals surface area (Å²) < 4.78 is 13.3. The average Bonchev–Trinajstić information content (AvgIpc) is 2.88. The van der Waals surface area contributed by atoms with Crippen LogP contribution in [-0.2, 0) is 0 Å². The lowest BCUT2D eigenvalue weighted by Gasteiger charge is -2.14. The summed E-state index contributed by atoms with van der Waals surface area (Å²) in [5, 5.41) is 15.7. The summed E-state index contributed by atoms with van der Waals surface area (Å²) in [5.74, 6) is 1.53. The van der Waals surface area contributed by atoms with Gasteiger partial charge in [-0.1, -0.05) is 29.8 Å². The minimum absolute atomic E-state index is 0.0161. The summed E-state index contributed by atoms with van der Waals surface area (Å²) in [5.41, 5.74) is 0.882. The zero-order chi connectivity index (χ0) is 25.8. The summed E-state index contributed by atoms with van der Waals surface area (Å²) in [6, 6.07) is 13.2. The van der Waals surface area contributed by atoms with E-state index in [0.29, 0.717) is 33.8 Å². The van der Waals surface area contributed by atoms with Crippen molar-refractivity contribution in [2.24, 2.45) is 5.10 Å². The van der Waals surface area contributed by atoms with Crippen LogP contribution in [0.5, 0.6) is 17.4 Å². The Morgan fingerprint density at radius 1 is 1.19 bits per heavy atom. The third-order valence-corrected chi connectivity index (χ3v) is 6.04. The van der Waals surface area contributed by atoms with Crippen LogP contribution in [0.4, 0.5) is 5.69 Å². The number of nitrogens with zero attached hydrogens (tertiary/aromatic N) is 5. The number of methoxy groups -OCH3 is 1. The van der Waals surface area contributed by atoms with Crippen molar-refractivity contribution in [3.63, 3.8) is 0 Å². The van der Waals surface area contributed by atoms with Crippen molar-refractivity contribution >= 4 is 38.7 Å². The maximum atomic E-state index is 13.3. The molecule has 0 amide bonds. The second kappa shape index (κ2) is 10.6. The molecule has 4 rings (SSSR count). The Morgan fingerprint density at radius 3 is 2.67 bits per heavy atom. The van der Waals surface area contributed by atoms with E-state index in [4.69, 9.17) is 14.5 Å². The molecule has 0 radical (unpaired) electrons. The molecule has 0 aliphatic heterocycles. The van der Waals surface area contributed by atoms with Crippen molar-refractivity contribution in [3.05, 3.63) is 91.1 Å². The minimum Gasteiger partial charge on any atom is -0.493 e. The Labute approximate surface area is 214 Å². The fraction of sp³-hybridized carbons (Fsp3) is 0.200. The third-order valence-electron chi connectivity index (χ3n) is 5.54. The van der Waals surface area contributed by atoms with Crippen LogP contribution in [0.1, 0.15) is 37.6 Å². The van der Waals surface area contributed by atoms with E-state index in [9.17, 15) is 14.9 Å². The van der Waals surface area contributed by atoms with Gasteiger partial charge in [-0.2, -0.15) is 9.78 Å². The quantitative estimate of drug-likeness (QED) is 0.157. The molecule has 2 heterocycles. The van der Waals surface area contributed by atoms with Gasteiger partial charge < -0.3 is 9.47 Å². The van der Waals surface area contributed by atoms with E-state index in [1.165, 1.54) is 23.9 Å². The highest BCUT2D eigenvalue weighted by molar-refractivity contribution is 9.10. The third kappa shape index (κ3) is 5.25. The van der Waals surface area contributed by atoms with Gasteiger partial charge in [0.1, 0.15) is 12.0 Å². The van der Waals surface area contributed by atoms with Crippen LogP contribution in [0.15, 0.2) is 69.1 Å². The molecule has 36 heavy (non-hydrogen) atoms.